The average molecular weight is 405 g/mol. The van der Waals surface area contributed by atoms with Crippen LogP contribution < -0.4 is 20.2 Å². The van der Waals surface area contributed by atoms with Gasteiger partial charge in [0.15, 0.2) is 23.2 Å². The summed E-state index contributed by atoms with van der Waals surface area (Å²) in [6.07, 6.45) is 6.65. The van der Waals surface area contributed by atoms with Crippen LogP contribution in [0.3, 0.4) is 0 Å². The smallest absolute Gasteiger partial charge is 0.260 e. The first-order valence-electron chi connectivity index (χ1n) is 9.49. The molecule has 0 unspecified atom stereocenters. The zero-order chi connectivity index (χ0) is 20.2. The minimum Gasteiger partial charge on any atom is -0.490 e. The third kappa shape index (κ3) is 7.19. The first-order valence-corrected chi connectivity index (χ1v) is 9.90. The lowest BCUT2D eigenvalue weighted by Gasteiger charge is -2.26. The molecule has 0 saturated carbocycles. The maximum Gasteiger partial charge on any atom is 0.260 e. The Morgan fingerprint density at radius 3 is 2.79 bits per heavy atom. The van der Waals surface area contributed by atoms with Crippen LogP contribution in [0.4, 0.5) is 0 Å². The Morgan fingerprint density at radius 1 is 1.29 bits per heavy atom. The lowest BCUT2D eigenvalue weighted by atomic mass is 10.1. The molecule has 1 fully saturated rings. The quantitative estimate of drug-likeness (QED) is 0.285. The summed E-state index contributed by atoms with van der Waals surface area (Å²) >= 11 is 5.07. The van der Waals surface area contributed by atoms with Crippen LogP contribution in [0.25, 0.3) is 0 Å². The molecule has 1 heterocycles. The Balaban J connectivity index is 1.94. The molecule has 1 aromatic rings. The first kappa shape index (κ1) is 21.7. The Morgan fingerprint density at radius 2 is 2.07 bits per heavy atom. The van der Waals surface area contributed by atoms with Crippen LogP contribution in [-0.4, -0.2) is 55.0 Å². The number of hydrogen-bond donors (Lipinski definition) is 2. The van der Waals surface area contributed by atoms with E-state index in [1.165, 1.54) is 6.42 Å². The van der Waals surface area contributed by atoms with Gasteiger partial charge < -0.3 is 19.7 Å². The summed E-state index contributed by atoms with van der Waals surface area (Å²) in [4.78, 5) is 14.2. The number of nitrogens with zero attached hydrogens (tertiary/aromatic N) is 2. The highest BCUT2D eigenvalue weighted by atomic mass is 32.1. The van der Waals surface area contributed by atoms with E-state index < -0.39 is 0 Å². The molecule has 0 aromatic heterocycles. The van der Waals surface area contributed by atoms with Gasteiger partial charge in [-0.3, -0.25) is 10.2 Å². The topological polar surface area (TPSA) is 75.2 Å². The third-order valence-electron chi connectivity index (χ3n) is 4.11. The number of nitrogens with one attached hydrogen (secondary N) is 2. The normalized spacial score (nSPS) is 13.8. The maximum atomic E-state index is 12.3. The van der Waals surface area contributed by atoms with Gasteiger partial charge in [0, 0.05) is 19.6 Å². The third-order valence-corrected chi connectivity index (χ3v) is 4.35. The number of likely N-dealkylation sites (tertiary alicyclic amines) is 1. The van der Waals surface area contributed by atoms with Crippen molar-refractivity contribution in [2.45, 2.75) is 26.2 Å². The predicted octanol–water partition coefficient (Wildman–Crippen LogP) is 2.46. The van der Waals surface area contributed by atoms with E-state index in [-0.39, 0.29) is 12.5 Å². The summed E-state index contributed by atoms with van der Waals surface area (Å²) in [5.74, 6) is 1.13. The molecule has 1 aliphatic heterocycles. The highest BCUT2D eigenvalue weighted by molar-refractivity contribution is 7.80. The van der Waals surface area contributed by atoms with Crippen LogP contribution in [0.2, 0.25) is 0 Å². The van der Waals surface area contributed by atoms with Crippen molar-refractivity contribution in [2.75, 3.05) is 32.8 Å². The molecule has 1 aliphatic rings. The van der Waals surface area contributed by atoms with Crippen LogP contribution in [-0.2, 0) is 4.79 Å². The number of carbonyl (C=O) groups is 1. The van der Waals surface area contributed by atoms with Gasteiger partial charge in [0.2, 0.25) is 0 Å². The van der Waals surface area contributed by atoms with Gasteiger partial charge in [-0.05, 0) is 62.2 Å². The molecule has 28 heavy (non-hydrogen) atoms. The van der Waals surface area contributed by atoms with Crippen LogP contribution in [0.5, 0.6) is 11.5 Å². The molecule has 0 radical (unpaired) electrons. The van der Waals surface area contributed by atoms with E-state index in [0.29, 0.717) is 29.8 Å². The monoisotopic (exact) mass is 404 g/mol. The van der Waals surface area contributed by atoms with Crippen LogP contribution in [0.15, 0.2) is 36.0 Å². The Bertz CT molecular complexity index is 703. The number of piperidine rings is 1. The molecule has 0 aliphatic carbocycles. The van der Waals surface area contributed by atoms with Gasteiger partial charge in [-0.1, -0.05) is 6.08 Å². The fraction of sp³-hybridized carbons (Fsp3) is 0.450. The number of ether oxygens (including phenoxy) is 2. The average Bonchev–Trinajstić information content (AvgIpc) is 2.72. The summed E-state index contributed by atoms with van der Waals surface area (Å²) in [5, 5.41) is 7.43. The Hall–Kier alpha value is -2.61. The van der Waals surface area contributed by atoms with E-state index >= 15 is 0 Å². The lowest BCUT2D eigenvalue weighted by molar-refractivity contribution is -0.134. The molecular formula is C20H28N4O3S. The van der Waals surface area contributed by atoms with Crippen molar-refractivity contribution < 1.29 is 14.3 Å². The summed E-state index contributed by atoms with van der Waals surface area (Å²) in [6, 6.07) is 5.44. The minimum atomic E-state index is 0.0116. The number of amides is 1. The fourth-order valence-electron chi connectivity index (χ4n) is 2.74. The highest BCUT2D eigenvalue weighted by Gasteiger charge is 2.17. The molecule has 8 heteroatoms. The number of rotatable bonds is 9. The molecule has 2 rings (SSSR count). The number of hydrogen-bond acceptors (Lipinski definition) is 5. The van der Waals surface area contributed by atoms with Crippen LogP contribution in [0, 0.1) is 0 Å². The van der Waals surface area contributed by atoms with Gasteiger partial charge in [-0.15, -0.1) is 6.58 Å². The molecule has 152 valence electrons. The molecule has 0 spiro atoms. The number of thiocarbonyl (C=S) groups is 1. The minimum absolute atomic E-state index is 0.0116. The molecule has 1 amide bonds. The van der Waals surface area contributed by atoms with Gasteiger partial charge >= 0.3 is 0 Å². The van der Waals surface area contributed by atoms with Gasteiger partial charge in [0.1, 0.15) is 0 Å². The zero-order valence-corrected chi connectivity index (χ0v) is 17.1. The van der Waals surface area contributed by atoms with Gasteiger partial charge in [0.25, 0.3) is 5.91 Å². The summed E-state index contributed by atoms with van der Waals surface area (Å²) in [6.45, 7) is 8.20. The number of benzene rings is 1. The molecule has 2 N–H and O–H groups in total. The van der Waals surface area contributed by atoms with Crippen LogP contribution >= 0.6 is 12.2 Å². The predicted molar refractivity (Wildman–Crippen MR) is 115 cm³/mol. The first-order chi connectivity index (χ1) is 13.6. The van der Waals surface area contributed by atoms with Crippen molar-refractivity contribution in [1.29, 1.82) is 0 Å². The van der Waals surface area contributed by atoms with Crippen molar-refractivity contribution in [3.63, 3.8) is 0 Å². The molecule has 0 bridgehead atoms. The van der Waals surface area contributed by atoms with E-state index in [2.05, 4.69) is 22.4 Å². The second kappa shape index (κ2) is 12.0. The standard InChI is InChI=1S/C20H28N4O3S/c1-3-10-21-20(28)23-22-14-16-8-9-17(18(13-16)26-4-2)27-15-19(25)24-11-6-5-7-12-24/h3,8-9,13-14H,1,4-7,10-12,15H2,2H3,(H2,21,23,28)/b22-14-. The highest BCUT2D eigenvalue weighted by Crippen LogP contribution is 2.28. The second-order valence-electron chi connectivity index (χ2n) is 6.24. The fourth-order valence-corrected chi connectivity index (χ4v) is 2.87. The lowest BCUT2D eigenvalue weighted by Crippen LogP contribution is -2.38. The van der Waals surface area contributed by atoms with Crippen molar-refractivity contribution in [2.24, 2.45) is 5.10 Å². The summed E-state index contributed by atoms with van der Waals surface area (Å²) in [5.41, 5.74) is 3.55. The molecular weight excluding hydrogens is 376 g/mol. The van der Waals surface area contributed by atoms with Crippen molar-refractivity contribution in [3.8, 4) is 11.5 Å². The maximum absolute atomic E-state index is 12.3. The molecule has 1 aromatic carbocycles. The SMILES string of the molecule is C=CCNC(=S)N/N=C\c1ccc(OCC(=O)N2CCCCC2)c(OCC)c1. The van der Waals surface area contributed by atoms with Crippen molar-refractivity contribution >= 4 is 29.5 Å². The van der Waals surface area contributed by atoms with Crippen LogP contribution in [0.1, 0.15) is 31.7 Å². The van der Waals surface area contributed by atoms with Gasteiger partial charge in [-0.25, -0.2) is 0 Å². The molecule has 0 atom stereocenters. The molecule has 7 nitrogen and oxygen atoms in total. The second-order valence-corrected chi connectivity index (χ2v) is 6.65. The summed E-state index contributed by atoms with van der Waals surface area (Å²) in [7, 11) is 0. The Kier molecular flexibility index (Phi) is 9.27. The van der Waals surface area contributed by atoms with Crippen molar-refractivity contribution in [3.05, 3.63) is 36.4 Å². The summed E-state index contributed by atoms with van der Waals surface area (Å²) < 4.78 is 11.4. The Labute approximate surface area is 171 Å². The van der Waals surface area contributed by atoms with E-state index in [1.54, 1.807) is 18.4 Å². The van der Waals surface area contributed by atoms with Gasteiger partial charge in [0.05, 0.1) is 12.8 Å². The van der Waals surface area contributed by atoms with E-state index in [4.69, 9.17) is 21.7 Å². The van der Waals surface area contributed by atoms with Crippen molar-refractivity contribution in [1.82, 2.24) is 15.6 Å². The van der Waals surface area contributed by atoms with E-state index in [1.807, 2.05) is 24.0 Å². The van der Waals surface area contributed by atoms with E-state index in [0.717, 1.165) is 31.5 Å². The van der Waals surface area contributed by atoms with E-state index in [9.17, 15) is 4.79 Å². The molecule has 1 saturated heterocycles. The largest absolute Gasteiger partial charge is 0.490 e. The zero-order valence-electron chi connectivity index (χ0n) is 16.3. The van der Waals surface area contributed by atoms with Gasteiger partial charge in [-0.2, -0.15) is 5.10 Å². The number of carbonyl (C=O) groups excluding carboxylic acids is 1. The number of hydrazone groups is 1.